The van der Waals surface area contributed by atoms with Crippen LogP contribution in [0.2, 0.25) is 0 Å². The molecule has 0 N–H and O–H groups in total. The van der Waals surface area contributed by atoms with E-state index in [1.54, 1.807) is 0 Å². The number of hydrogen-bond donors (Lipinski definition) is 0. The first-order chi connectivity index (χ1) is 4.84. The van der Waals surface area contributed by atoms with Crippen LogP contribution in [-0.4, -0.2) is 4.90 Å². The third-order valence-electron chi connectivity index (χ3n) is 1.29. The van der Waals surface area contributed by atoms with Crippen LogP contribution in [0.1, 0.15) is 6.92 Å². The molecule has 0 atom stereocenters. The third-order valence-corrected chi connectivity index (χ3v) is 1.29. The van der Waals surface area contributed by atoms with Crippen LogP contribution in [0.15, 0.2) is 49.0 Å². The van der Waals surface area contributed by atoms with Gasteiger partial charge >= 0.3 is 0 Å². The van der Waals surface area contributed by atoms with E-state index < -0.39 is 0 Å². The van der Waals surface area contributed by atoms with Crippen molar-refractivity contribution in [1.29, 1.82) is 0 Å². The van der Waals surface area contributed by atoms with Crippen LogP contribution in [0.25, 0.3) is 0 Å². The summed E-state index contributed by atoms with van der Waals surface area (Å²) in [7, 11) is 0. The molecular weight excluding hydrogens is 122 g/mol. The van der Waals surface area contributed by atoms with Gasteiger partial charge in [0.15, 0.2) is 0 Å². The molecule has 1 heteroatoms. The molecule has 0 fully saturated rings. The maximum Gasteiger partial charge on any atom is 0.0377 e. The van der Waals surface area contributed by atoms with Gasteiger partial charge in [-0.1, -0.05) is 18.7 Å². The summed E-state index contributed by atoms with van der Waals surface area (Å²) in [6, 6.07) is 0. The fraction of sp³-hybridized carbons (Fsp3) is 0.111. The predicted octanol–water partition coefficient (Wildman–Crippen LogP) is 2.42. The summed E-state index contributed by atoms with van der Waals surface area (Å²) in [6.07, 6.45) is 11.9. The van der Waals surface area contributed by atoms with E-state index in [0.29, 0.717) is 0 Å². The van der Waals surface area contributed by atoms with E-state index in [1.165, 1.54) is 0 Å². The van der Waals surface area contributed by atoms with E-state index in [2.05, 4.69) is 6.58 Å². The first kappa shape index (κ1) is 6.87. The van der Waals surface area contributed by atoms with Crippen molar-refractivity contribution in [2.45, 2.75) is 6.92 Å². The topological polar surface area (TPSA) is 3.24 Å². The Labute approximate surface area is 61.7 Å². The van der Waals surface area contributed by atoms with Gasteiger partial charge in [-0.25, -0.2) is 0 Å². The fourth-order valence-electron chi connectivity index (χ4n) is 0.797. The van der Waals surface area contributed by atoms with Gasteiger partial charge in [0.1, 0.15) is 0 Å². The average Bonchev–Trinajstić information content (AvgIpc) is 1.94. The molecular formula is C9H11N. The minimum atomic E-state index is 1.00. The Balaban J connectivity index is 2.70. The van der Waals surface area contributed by atoms with Crippen LogP contribution in [0.5, 0.6) is 0 Å². The van der Waals surface area contributed by atoms with Crippen LogP contribution in [0, 0.1) is 0 Å². The lowest BCUT2D eigenvalue weighted by molar-refractivity contribution is 0.648. The van der Waals surface area contributed by atoms with Crippen molar-refractivity contribution in [2.24, 2.45) is 0 Å². The first-order valence-electron chi connectivity index (χ1n) is 3.29. The molecule has 1 heterocycles. The van der Waals surface area contributed by atoms with E-state index in [1.807, 2.05) is 48.5 Å². The lowest BCUT2D eigenvalue weighted by atomic mass is 10.3. The highest BCUT2D eigenvalue weighted by molar-refractivity contribution is 5.27. The van der Waals surface area contributed by atoms with Gasteiger partial charge < -0.3 is 4.90 Å². The lowest BCUT2D eigenvalue weighted by Gasteiger charge is -2.17. The molecule has 10 heavy (non-hydrogen) atoms. The van der Waals surface area contributed by atoms with E-state index in [-0.39, 0.29) is 0 Å². The molecule has 0 aliphatic carbocycles. The molecule has 1 aliphatic heterocycles. The van der Waals surface area contributed by atoms with Crippen LogP contribution in [-0.2, 0) is 0 Å². The molecule has 1 nitrogen and oxygen atoms in total. The van der Waals surface area contributed by atoms with Gasteiger partial charge in [-0.15, -0.1) is 0 Å². The molecule has 52 valence electrons. The minimum Gasteiger partial charge on any atom is -0.325 e. The summed E-state index contributed by atoms with van der Waals surface area (Å²) in [6.45, 7) is 5.84. The molecule has 0 aromatic carbocycles. The van der Waals surface area contributed by atoms with Gasteiger partial charge in [-0.3, -0.25) is 0 Å². The summed E-state index contributed by atoms with van der Waals surface area (Å²) in [5, 5.41) is 0. The monoisotopic (exact) mass is 133 g/mol. The van der Waals surface area contributed by atoms with Crippen LogP contribution in [0.4, 0.5) is 0 Å². The van der Waals surface area contributed by atoms with Crippen LogP contribution >= 0.6 is 0 Å². The molecule has 1 aliphatic rings. The van der Waals surface area contributed by atoms with E-state index in [4.69, 9.17) is 0 Å². The highest BCUT2D eigenvalue weighted by Crippen LogP contribution is 2.09. The van der Waals surface area contributed by atoms with Crippen molar-refractivity contribution < 1.29 is 0 Å². The van der Waals surface area contributed by atoms with Gasteiger partial charge in [-0.05, 0) is 19.1 Å². The van der Waals surface area contributed by atoms with Gasteiger partial charge in [0.25, 0.3) is 0 Å². The molecule has 1 rings (SSSR count). The maximum absolute atomic E-state index is 3.85. The zero-order chi connectivity index (χ0) is 7.40. The predicted molar refractivity (Wildman–Crippen MR) is 44.1 cm³/mol. The van der Waals surface area contributed by atoms with Crippen molar-refractivity contribution in [3.05, 3.63) is 49.0 Å². The third kappa shape index (κ3) is 1.38. The summed E-state index contributed by atoms with van der Waals surface area (Å²) < 4.78 is 0. The molecule has 0 amide bonds. The van der Waals surface area contributed by atoms with Crippen molar-refractivity contribution in [3.8, 4) is 0 Å². The number of hydrogen-bond acceptors (Lipinski definition) is 1. The Morgan fingerprint density at radius 1 is 1.50 bits per heavy atom. The average molecular weight is 133 g/mol. The normalized spacial score (nSPS) is 17.3. The zero-order valence-electron chi connectivity index (χ0n) is 6.12. The first-order valence-corrected chi connectivity index (χ1v) is 3.29. The Morgan fingerprint density at radius 3 is 2.90 bits per heavy atom. The summed E-state index contributed by atoms with van der Waals surface area (Å²) in [5.41, 5.74) is 1.00. The highest BCUT2D eigenvalue weighted by atomic mass is 15.1. The standard InChI is InChI=1S/C9H11N/c1-3-7-10-8-5-4-6-9(10)2/h3-8H,2H2,1H3. The second-order valence-corrected chi connectivity index (χ2v) is 2.08. The summed E-state index contributed by atoms with van der Waals surface area (Å²) in [4.78, 5) is 1.97. The molecule has 0 unspecified atom stereocenters. The minimum absolute atomic E-state index is 1.00. The van der Waals surface area contributed by atoms with Gasteiger partial charge in [-0.2, -0.15) is 0 Å². The lowest BCUT2D eigenvalue weighted by Crippen LogP contribution is -2.07. The van der Waals surface area contributed by atoms with Crippen molar-refractivity contribution in [3.63, 3.8) is 0 Å². The Morgan fingerprint density at radius 2 is 2.30 bits per heavy atom. The van der Waals surface area contributed by atoms with Crippen LogP contribution < -0.4 is 0 Å². The van der Waals surface area contributed by atoms with Gasteiger partial charge in [0, 0.05) is 18.1 Å². The molecule has 0 bridgehead atoms. The molecule has 0 radical (unpaired) electrons. The van der Waals surface area contributed by atoms with Crippen molar-refractivity contribution >= 4 is 0 Å². The smallest absolute Gasteiger partial charge is 0.0377 e. The second-order valence-electron chi connectivity index (χ2n) is 2.08. The van der Waals surface area contributed by atoms with Crippen molar-refractivity contribution in [2.75, 3.05) is 0 Å². The van der Waals surface area contributed by atoms with E-state index in [9.17, 15) is 0 Å². The quantitative estimate of drug-likeness (QED) is 0.531. The van der Waals surface area contributed by atoms with Gasteiger partial charge in [0.05, 0.1) is 0 Å². The van der Waals surface area contributed by atoms with Gasteiger partial charge in [0.2, 0.25) is 0 Å². The van der Waals surface area contributed by atoms with E-state index >= 15 is 0 Å². The summed E-state index contributed by atoms with van der Waals surface area (Å²) in [5.74, 6) is 0. The molecule has 0 spiro atoms. The highest BCUT2D eigenvalue weighted by Gasteiger charge is 1.97. The summed E-state index contributed by atoms with van der Waals surface area (Å²) >= 11 is 0. The second kappa shape index (κ2) is 3.06. The molecule has 0 aromatic heterocycles. The molecule has 0 saturated carbocycles. The number of rotatable bonds is 1. The largest absolute Gasteiger partial charge is 0.325 e. The van der Waals surface area contributed by atoms with Crippen molar-refractivity contribution in [1.82, 2.24) is 4.90 Å². The SMILES string of the molecule is C=C1C=CC=CN1C=CC. The van der Waals surface area contributed by atoms with E-state index in [0.717, 1.165) is 5.70 Å². The van der Waals surface area contributed by atoms with Crippen LogP contribution in [0.3, 0.4) is 0 Å². The zero-order valence-corrected chi connectivity index (χ0v) is 6.12. The Bertz CT molecular complexity index is 209. The molecule has 0 aromatic rings. The number of nitrogens with zero attached hydrogens (tertiary/aromatic N) is 1. The fourth-order valence-corrected chi connectivity index (χ4v) is 0.797. The number of allylic oxidation sites excluding steroid dienone is 4. The Kier molecular flexibility index (Phi) is 2.11. The molecule has 0 saturated heterocycles. The maximum atomic E-state index is 3.85. The Hall–Kier alpha value is -1.24.